The van der Waals surface area contributed by atoms with Crippen LogP contribution in [0.2, 0.25) is 5.02 Å². The van der Waals surface area contributed by atoms with E-state index in [1.807, 2.05) is 0 Å². The van der Waals surface area contributed by atoms with Crippen LogP contribution in [-0.4, -0.2) is 34.6 Å². The maximum atomic E-state index is 12.7. The Morgan fingerprint density at radius 3 is 2.39 bits per heavy atom. The first-order valence-corrected chi connectivity index (χ1v) is 11.1. The summed E-state index contributed by atoms with van der Waals surface area (Å²) in [6.07, 6.45) is 0. The van der Waals surface area contributed by atoms with Gasteiger partial charge >= 0.3 is 0 Å². The second kappa shape index (κ2) is 10.3. The highest BCUT2D eigenvalue weighted by molar-refractivity contribution is 7.92. The molecule has 0 saturated heterocycles. The van der Waals surface area contributed by atoms with Gasteiger partial charge in [0.2, 0.25) is 0 Å². The number of rotatable bonds is 9. The zero-order valence-corrected chi connectivity index (χ0v) is 18.2. The molecule has 0 heterocycles. The zero-order chi connectivity index (χ0) is 22.3. The second-order valence-electron chi connectivity index (χ2n) is 6.46. The molecule has 0 fully saturated rings. The van der Waals surface area contributed by atoms with Crippen molar-refractivity contribution in [1.29, 1.82) is 0 Å². The highest BCUT2D eigenvalue weighted by Crippen LogP contribution is 2.21. The third-order valence-corrected chi connectivity index (χ3v) is 5.77. The summed E-state index contributed by atoms with van der Waals surface area (Å²) in [5, 5.41) is 3.14. The Morgan fingerprint density at radius 2 is 1.68 bits per heavy atom. The lowest BCUT2D eigenvalue weighted by Gasteiger charge is -2.11. The molecule has 7 nitrogen and oxygen atoms in total. The smallest absolute Gasteiger partial charge is 0.261 e. The topological polar surface area (TPSA) is 93.7 Å². The molecular weight excluding hydrogens is 440 g/mol. The fourth-order valence-electron chi connectivity index (χ4n) is 2.65. The number of nitrogens with one attached hydrogen (secondary N) is 2. The van der Waals surface area contributed by atoms with Crippen LogP contribution in [0.1, 0.15) is 10.4 Å². The molecule has 1 amide bonds. The number of anilines is 2. The lowest BCUT2D eigenvalue weighted by molar-refractivity contribution is 0.102. The van der Waals surface area contributed by atoms with E-state index in [9.17, 15) is 13.2 Å². The summed E-state index contributed by atoms with van der Waals surface area (Å²) in [4.78, 5) is 12.6. The number of sulfonamides is 1. The molecule has 0 atom stereocenters. The summed E-state index contributed by atoms with van der Waals surface area (Å²) in [7, 11) is -2.30. The minimum absolute atomic E-state index is 0.0398. The second-order valence-corrected chi connectivity index (χ2v) is 8.58. The number of carbonyl (C=O) groups is 1. The largest absolute Gasteiger partial charge is 0.491 e. The van der Waals surface area contributed by atoms with Gasteiger partial charge in [-0.1, -0.05) is 23.7 Å². The van der Waals surface area contributed by atoms with Gasteiger partial charge in [0.25, 0.3) is 15.9 Å². The Hall–Kier alpha value is -3.07. The summed E-state index contributed by atoms with van der Waals surface area (Å²) in [6, 6.07) is 19.0. The van der Waals surface area contributed by atoms with Crippen LogP contribution < -0.4 is 14.8 Å². The van der Waals surface area contributed by atoms with Gasteiger partial charge in [0, 0.05) is 23.4 Å². The minimum Gasteiger partial charge on any atom is -0.491 e. The van der Waals surface area contributed by atoms with Crippen LogP contribution in [0.5, 0.6) is 5.75 Å². The number of benzene rings is 3. The van der Waals surface area contributed by atoms with Crippen molar-refractivity contribution < 1.29 is 22.7 Å². The van der Waals surface area contributed by atoms with Gasteiger partial charge in [0.05, 0.1) is 17.2 Å². The Balaban J connectivity index is 1.69. The number of methoxy groups -OCH3 is 1. The molecule has 0 spiro atoms. The molecule has 0 aromatic heterocycles. The Labute approximate surface area is 186 Å². The van der Waals surface area contributed by atoms with Gasteiger partial charge < -0.3 is 14.8 Å². The number of halogens is 1. The minimum atomic E-state index is -3.89. The van der Waals surface area contributed by atoms with E-state index >= 15 is 0 Å². The lowest BCUT2D eigenvalue weighted by Crippen LogP contribution is -2.16. The van der Waals surface area contributed by atoms with E-state index in [1.54, 1.807) is 49.6 Å². The molecule has 9 heteroatoms. The summed E-state index contributed by atoms with van der Waals surface area (Å²) in [6.45, 7) is 0.899. The highest BCUT2D eigenvalue weighted by atomic mass is 35.5. The third kappa shape index (κ3) is 6.45. The molecule has 0 unspecified atom stereocenters. The predicted molar refractivity (Wildman–Crippen MR) is 120 cm³/mol. The Kier molecular flexibility index (Phi) is 7.51. The number of hydrogen-bond acceptors (Lipinski definition) is 5. The van der Waals surface area contributed by atoms with Crippen molar-refractivity contribution in [3.8, 4) is 5.75 Å². The van der Waals surface area contributed by atoms with E-state index in [1.165, 1.54) is 30.3 Å². The van der Waals surface area contributed by atoms with E-state index in [4.69, 9.17) is 21.1 Å². The van der Waals surface area contributed by atoms with Gasteiger partial charge in [-0.2, -0.15) is 0 Å². The van der Waals surface area contributed by atoms with Crippen LogP contribution >= 0.6 is 11.6 Å². The van der Waals surface area contributed by atoms with E-state index in [-0.39, 0.29) is 10.5 Å². The predicted octanol–water partition coefficient (Wildman–Crippen LogP) is 4.42. The summed E-state index contributed by atoms with van der Waals surface area (Å²) < 4.78 is 38.2. The quantitative estimate of drug-likeness (QED) is 0.461. The Morgan fingerprint density at radius 1 is 0.935 bits per heavy atom. The van der Waals surface area contributed by atoms with Crippen molar-refractivity contribution in [2.75, 3.05) is 30.4 Å². The van der Waals surface area contributed by atoms with Crippen LogP contribution in [0.25, 0.3) is 0 Å². The van der Waals surface area contributed by atoms with Crippen molar-refractivity contribution in [2.45, 2.75) is 4.90 Å². The van der Waals surface area contributed by atoms with Crippen molar-refractivity contribution in [2.24, 2.45) is 0 Å². The van der Waals surface area contributed by atoms with Crippen LogP contribution in [0.15, 0.2) is 77.7 Å². The van der Waals surface area contributed by atoms with Crippen LogP contribution in [0.4, 0.5) is 11.4 Å². The zero-order valence-electron chi connectivity index (χ0n) is 16.7. The fraction of sp³-hybridized carbons (Fsp3) is 0.136. The van der Waals surface area contributed by atoms with E-state index < -0.39 is 15.9 Å². The van der Waals surface area contributed by atoms with Crippen molar-refractivity contribution in [1.82, 2.24) is 0 Å². The third-order valence-electron chi connectivity index (χ3n) is 4.15. The molecule has 0 aliphatic rings. The normalized spacial score (nSPS) is 11.0. The molecule has 0 radical (unpaired) electrons. The first kappa shape index (κ1) is 22.6. The van der Waals surface area contributed by atoms with Gasteiger partial charge in [-0.15, -0.1) is 0 Å². The average molecular weight is 461 g/mol. The van der Waals surface area contributed by atoms with E-state index in [0.29, 0.717) is 35.4 Å². The summed E-state index contributed by atoms with van der Waals surface area (Å²) in [5.41, 5.74) is 1.08. The average Bonchev–Trinajstić information content (AvgIpc) is 2.75. The van der Waals surface area contributed by atoms with Crippen molar-refractivity contribution in [3.63, 3.8) is 0 Å². The molecule has 2 N–H and O–H groups in total. The molecule has 3 rings (SSSR count). The van der Waals surface area contributed by atoms with Gasteiger partial charge in [-0.25, -0.2) is 8.42 Å². The van der Waals surface area contributed by atoms with Gasteiger partial charge in [0.1, 0.15) is 12.4 Å². The molecule has 31 heavy (non-hydrogen) atoms. The fourth-order valence-corrected chi connectivity index (χ4v) is 3.94. The maximum absolute atomic E-state index is 12.7. The molecule has 0 saturated carbocycles. The first-order chi connectivity index (χ1) is 14.9. The van der Waals surface area contributed by atoms with Crippen molar-refractivity contribution >= 4 is 38.9 Å². The maximum Gasteiger partial charge on any atom is 0.261 e. The monoisotopic (exact) mass is 460 g/mol. The standard InChI is InChI=1S/C22H21ClN2O5S/c1-29-12-13-30-20-10-8-18(9-11-20)24-22(26)16-4-2-7-21(14-16)31(27,28)25-19-6-3-5-17(23)15-19/h2-11,14-15,25H,12-13H2,1H3,(H,24,26). The number of amides is 1. The first-order valence-electron chi connectivity index (χ1n) is 9.29. The summed E-state index contributed by atoms with van der Waals surface area (Å²) >= 11 is 5.90. The number of carbonyl (C=O) groups excluding carboxylic acids is 1. The molecular formula is C22H21ClN2O5S. The van der Waals surface area contributed by atoms with E-state index in [2.05, 4.69) is 10.0 Å². The molecule has 3 aromatic carbocycles. The Bertz CT molecular complexity index is 1150. The molecule has 0 aliphatic carbocycles. The van der Waals surface area contributed by atoms with Gasteiger partial charge in [0.15, 0.2) is 0 Å². The van der Waals surface area contributed by atoms with Crippen molar-refractivity contribution in [3.05, 3.63) is 83.4 Å². The molecule has 0 aliphatic heterocycles. The number of hydrogen-bond donors (Lipinski definition) is 2. The molecule has 3 aromatic rings. The SMILES string of the molecule is COCCOc1ccc(NC(=O)c2cccc(S(=O)(=O)Nc3cccc(Cl)c3)c2)cc1. The van der Waals surface area contributed by atoms with Crippen LogP contribution in [-0.2, 0) is 14.8 Å². The van der Waals surface area contributed by atoms with Crippen LogP contribution in [0.3, 0.4) is 0 Å². The van der Waals surface area contributed by atoms with Gasteiger partial charge in [-0.3, -0.25) is 9.52 Å². The lowest BCUT2D eigenvalue weighted by atomic mass is 10.2. The summed E-state index contributed by atoms with van der Waals surface area (Å²) in [5.74, 6) is 0.211. The number of ether oxygens (including phenoxy) is 2. The molecule has 0 bridgehead atoms. The van der Waals surface area contributed by atoms with Crippen LogP contribution in [0, 0.1) is 0 Å². The van der Waals surface area contributed by atoms with Gasteiger partial charge in [-0.05, 0) is 60.7 Å². The highest BCUT2D eigenvalue weighted by Gasteiger charge is 2.17. The van der Waals surface area contributed by atoms with E-state index in [0.717, 1.165) is 0 Å². The molecule has 162 valence electrons.